The number of piperazine rings is 1. The molecule has 1 aromatic rings. The number of rotatable bonds is 6. The zero-order valence-electron chi connectivity index (χ0n) is 13.4. The fourth-order valence-electron chi connectivity index (χ4n) is 2.74. The molecule has 4 nitrogen and oxygen atoms in total. The number of pyridine rings is 1. The number of hydrogen-bond acceptors (Lipinski definition) is 4. The van der Waals surface area contributed by atoms with Crippen LogP contribution in [0.15, 0.2) is 12.3 Å². The molecule has 2 heterocycles. The van der Waals surface area contributed by atoms with Crippen molar-refractivity contribution in [1.82, 2.24) is 15.2 Å². The third-order valence-corrected chi connectivity index (χ3v) is 4.00. The predicted molar refractivity (Wildman–Crippen MR) is 85.1 cm³/mol. The maximum absolute atomic E-state index is 13.5. The molecule has 0 atom stereocenters. The van der Waals surface area contributed by atoms with Gasteiger partial charge in [0.05, 0.1) is 6.20 Å². The van der Waals surface area contributed by atoms with Gasteiger partial charge in [-0.15, -0.1) is 0 Å². The molecular weight excluding hydrogens is 267 g/mol. The first-order valence-electron chi connectivity index (χ1n) is 7.96. The Balaban J connectivity index is 2.05. The van der Waals surface area contributed by atoms with Crippen molar-refractivity contribution < 1.29 is 4.39 Å². The van der Waals surface area contributed by atoms with Gasteiger partial charge in [-0.3, -0.25) is 4.90 Å². The van der Waals surface area contributed by atoms with Gasteiger partial charge in [0.1, 0.15) is 11.6 Å². The summed E-state index contributed by atoms with van der Waals surface area (Å²) in [4.78, 5) is 9.09. The SMILES string of the molecule is CCCNCc1cc(F)cnc1N1CCN(C(C)C)CC1. The van der Waals surface area contributed by atoms with E-state index in [0.717, 1.165) is 50.5 Å². The van der Waals surface area contributed by atoms with Gasteiger partial charge in [0.25, 0.3) is 0 Å². The van der Waals surface area contributed by atoms with Gasteiger partial charge in [0.15, 0.2) is 0 Å². The summed E-state index contributed by atoms with van der Waals surface area (Å²) in [5, 5.41) is 3.34. The Labute approximate surface area is 127 Å². The molecule has 21 heavy (non-hydrogen) atoms. The number of halogens is 1. The van der Waals surface area contributed by atoms with Crippen LogP contribution in [0.5, 0.6) is 0 Å². The van der Waals surface area contributed by atoms with E-state index in [1.54, 1.807) is 6.07 Å². The Morgan fingerprint density at radius 2 is 2.00 bits per heavy atom. The maximum Gasteiger partial charge on any atom is 0.141 e. The zero-order chi connectivity index (χ0) is 15.2. The monoisotopic (exact) mass is 294 g/mol. The van der Waals surface area contributed by atoms with Crippen LogP contribution in [0.1, 0.15) is 32.8 Å². The number of anilines is 1. The van der Waals surface area contributed by atoms with E-state index in [9.17, 15) is 4.39 Å². The number of hydrogen-bond donors (Lipinski definition) is 1. The smallest absolute Gasteiger partial charge is 0.141 e. The van der Waals surface area contributed by atoms with Crippen molar-refractivity contribution in [2.75, 3.05) is 37.6 Å². The van der Waals surface area contributed by atoms with Crippen LogP contribution in [0.25, 0.3) is 0 Å². The lowest BCUT2D eigenvalue weighted by atomic mass is 10.2. The highest BCUT2D eigenvalue weighted by Gasteiger charge is 2.21. The molecule has 0 bridgehead atoms. The first-order chi connectivity index (χ1) is 10.1. The molecule has 0 saturated carbocycles. The van der Waals surface area contributed by atoms with Gasteiger partial charge in [-0.1, -0.05) is 6.92 Å². The van der Waals surface area contributed by atoms with E-state index in [-0.39, 0.29) is 5.82 Å². The predicted octanol–water partition coefficient (Wildman–Crippen LogP) is 2.25. The molecule has 0 unspecified atom stereocenters. The van der Waals surface area contributed by atoms with Crippen LogP contribution in [0, 0.1) is 5.82 Å². The summed E-state index contributed by atoms with van der Waals surface area (Å²) >= 11 is 0. The van der Waals surface area contributed by atoms with Gasteiger partial charge in [0, 0.05) is 44.3 Å². The van der Waals surface area contributed by atoms with Crippen molar-refractivity contribution in [3.63, 3.8) is 0 Å². The van der Waals surface area contributed by atoms with Crippen LogP contribution >= 0.6 is 0 Å². The zero-order valence-corrected chi connectivity index (χ0v) is 13.4. The third-order valence-electron chi connectivity index (χ3n) is 4.00. The third kappa shape index (κ3) is 4.38. The first kappa shape index (κ1) is 16.2. The molecule has 1 fully saturated rings. The van der Waals surface area contributed by atoms with Gasteiger partial charge in [-0.2, -0.15) is 0 Å². The molecule has 0 radical (unpaired) electrons. The number of nitrogens with one attached hydrogen (secondary N) is 1. The summed E-state index contributed by atoms with van der Waals surface area (Å²) in [6, 6.07) is 2.19. The van der Waals surface area contributed by atoms with E-state index in [4.69, 9.17) is 0 Å². The summed E-state index contributed by atoms with van der Waals surface area (Å²) in [5.41, 5.74) is 0.960. The normalized spacial score (nSPS) is 16.7. The second-order valence-corrected chi connectivity index (χ2v) is 5.93. The molecule has 2 rings (SSSR count). The van der Waals surface area contributed by atoms with Crippen molar-refractivity contribution in [2.24, 2.45) is 0 Å². The van der Waals surface area contributed by atoms with Crippen molar-refractivity contribution in [1.29, 1.82) is 0 Å². The summed E-state index contributed by atoms with van der Waals surface area (Å²) in [5.74, 6) is 0.677. The summed E-state index contributed by atoms with van der Waals surface area (Å²) < 4.78 is 13.5. The lowest BCUT2D eigenvalue weighted by Gasteiger charge is -2.38. The van der Waals surface area contributed by atoms with Crippen LogP contribution in [-0.2, 0) is 6.54 Å². The fourth-order valence-corrected chi connectivity index (χ4v) is 2.74. The molecule has 1 N–H and O–H groups in total. The minimum atomic E-state index is -0.257. The molecule has 5 heteroatoms. The summed E-state index contributed by atoms with van der Waals surface area (Å²) in [6.45, 7) is 12.2. The molecular formula is C16H27FN4. The van der Waals surface area contributed by atoms with Crippen LogP contribution in [-0.4, -0.2) is 48.6 Å². The molecule has 118 valence electrons. The van der Waals surface area contributed by atoms with Crippen LogP contribution in [0.2, 0.25) is 0 Å². The van der Waals surface area contributed by atoms with E-state index >= 15 is 0 Å². The lowest BCUT2D eigenvalue weighted by molar-refractivity contribution is 0.209. The summed E-state index contributed by atoms with van der Waals surface area (Å²) in [7, 11) is 0. The molecule has 0 aromatic carbocycles. The number of nitrogens with zero attached hydrogens (tertiary/aromatic N) is 3. The fraction of sp³-hybridized carbons (Fsp3) is 0.688. The molecule has 1 aliphatic heterocycles. The Morgan fingerprint density at radius 1 is 1.29 bits per heavy atom. The van der Waals surface area contributed by atoms with E-state index in [0.29, 0.717) is 12.6 Å². The minimum Gasteiger partial charge on any atom is -0.354 e. The lowest BCUT2D eigenvalue weighted by Crippen LogP contribution is -2.49. The van der Waals surface area contributed by atoms with E-state index in [1.165, 1.54) is 6.20 Å². The quantitative estimate of drug-likeness (QED) is 0.816. The standard InChI is InChI=1S/C16H27FN4/c1-4-5-18-11-14-10-15(17)12-19-16(14)21-8-6-20(7-9-21)13(2)3/h10,12-13,18H,4-9,11H2,1-3H3. The summed E-state index contributed by atoms with van der Waals surface area (Å²) in [6.07, 6.45) is 2.40. The van der Waals surface area contributed by atoms with Gasteiger partial charge < -0.3 is 10.2 Å². The van der Waals surface area contributed by atoms with Crippen LogP contribution in [0.3, 0.4) is 0 Å². The Hall–Kier alpha value is -1.20. The van der Waals surface area contributed by atoms with Crippen molar-refractivity contribution in [2.45, 2.75) is 39.8 Å². The minimum absolute atomic E-state index is 0.257. The number of aromatic nitrogens is 1. The second-order valence-electron chi connectivity index (χ2n) is 5.93. The van der Waals surface area contributed by atoms with Crippen LogP contribution in [0.4, 0.5) is 10.2 Å². The van der Waals surface area contributed by atoms with E-state index < -0.39 is 0 Å². The average molecular weight is 294 g/mol. The van der Waals surface area contributed by atoms with Crippen molar-refractivity contribution >= 4 is 5.82 Å². The average Bonchev–Trinajstić information content (AvgIpc) is 2.48. The maximum atomic E-state index is 13.5. The Bertz CT molecular complexity index is 442. The highest BCUT2D eigenvalue weighted by molar-refractivity contribution is 5.47. The molecule has 1 aromatic heterocycles. The molecule has 0 spiro atoms. The largest absolute Gasteiger partial charge is 0.354 e. The topological polar surface area (TPSA) is 31.4 Å². The highest BCUT2D eigenvalue weighted by Crippen LogP contribution is 2.20. The highest BCUT2D eigenvalue weighted by atomic mass is 19.1. The van der Waals surface area contributed by atoms with E-state index in [1.807, 2.05) is 0 Å². The second kappa shape index (κ2) is 7.71. The molecule has 1 saturated heterocycles. The Kier molecular flexibility index (Phi) is 5.94. The van der Waals surface area contributed by atoms with Crippen molar-refractivity contribution in [3.8, 4) is 0 Å². The van der Waals surface area contributed by atoms with Gasteiger partial charge in [-0.25, -0.2) is 9.37 Å². The van der Waals surface area contributed by atoms with Gasteiger partial charge >= 0.3 is 0 Å². The van der Waals surface area contributed by atoms with Crippen molar-refractivity contribution in [3.05, 3.63) is 23.6 Å². The van der Waals surface area contributed by atoms with E-state index in [2.05, 4.69) is 40.9 Å². The van der Waals surface area contributed by atoms with Crippen LogP contribution < -0.4 is 10.2 Å². The molecule has 0 aliphatic carbocycles. The Morgan fingerprint density at radius 3 is 2.62 bits per heavy atom. The van der Waals surface area contributed by atoms with Gasteiger partial charge in [0.2, 0.25) is 0 Å². The van der Waals surface area contributed by atoms with Gasteiger partial charge in [-0.05, 0) is 32.9 Å². The molecule has 0 amide bonds. The first-order valence-corrected chi connectivity index (χ1v) is 7.96. The molecule has 1 aliphatic rings.